The molecule has 0 radical (unpaired) electrons. The van der Waals surface area contributed by atoms with E-state index in [4.69, 9.17) is 4.52 Å². The zero-order chi connectivity index (χ0) is 16.3. The Morgan fingerprint density at radius 2 is 1.96 bits per heavy atom. The van der Waals surface area contributed by atoms with Gasteiger partial charge in [-0.05, 0) is 19.8 Å². The topological polar surface area (TPSA) is 75.4 Å². The summed E-state index contributed by atoms with van der Waals surface area (Å²) in [5.74, 6) is 0.235. The zero-order valence-electron chi connectivity index (χ0n) is 13.3. The number of benzene rings is 1. The highest BCUT2D eigenvalue weighted by atomic mass is 16.5. The lowest BCUT2D eigenvalue weighted by Gasteiger charge is -2.32. The maximum absolute atomic E-state index is 12.6. The minimum atomic E-state index is -0.786. The number of hydrogen-bond donors (Lipinski definition) is 2. The molecule has 2 N–H and O–H groups in total. The van der Waals surface area contributed by atoms with Crippen LogP contribution in [0.25, 0.3) is 11.3 Å². The van der Waals surface area contributed by atoms with E-state index in [1.54, 1.807) is 6.92 Å². The highest BCUT2D eigenvalue weighted by Gasteiger charge is 2.30. The quantitative estimate of drug-likeness (QED) is 0.909. The van der Waals surface area contributed by atoms with E-state index in [1.165, 1.54) is 0 Å². The van der Waals surface area contributed by atoms with Crippen LogP contribution in [0, 0.1) is 6.92 Å². The fraction of sp³-hybridized carbons (Fsp3) is 0.444. The van der Waals surface area contributed by atoms with Crippen molar-refractivity contribution < 1.29 is 14.4 Å². The van der Waals surface area contributed by atoms with E-state index >= 15 is 0 Å². The monoisotopic (exact) mass is 314 g/mol. The second-order valence-corrected chi connectivity index (χ2v) is 6.30. The van der Waals surface area contributed by atoms with Crippen molar-refractivity contribution >= 4 is 5.91 Å². The van der Waals surface area contributed by atoms with Crippen molar-refractivity contribution in [2.75, 3.05) is 6.54 Å². The predicted molar refractivity (Wildman–Crippen MR) is 87.0 cm³/mol. The van der Waals surface area contributed by atoms with Crippen LogP contribution in [0.4, 0.5) is 0 Å². The van der Waals surface area contributed by atoms with Crippen molar-refractivity contribution in [3.05, 3.63) is 41.7 Å². The third-order valence-electron chi connectivity index (χ3n) is 4.50. The average molecular weight is 314 g/mol. The molecule has 23 heavy (non-hydrogen) atoms. The lowest BCUT2D eigenvalue weighted by Crippen LogP contribution is -2.44. The van der Waals surface area contributed by atoms with Crippen LogP contribution in [0.15, 0.2) is 34.9 Å². The van der Waals surface area contributed by atoms with Gasteiger partial charge in [0.1, 0.15) is 17.0 Å². The maximum Gasteiger partial charge on any atom is 0.257 e. The molecule has 0 aliphatic heterocycles. The first-order valence-corrected chi connectivity index (χ1v) is 8.11. The van der Waals surface area contributed by atoms with Crippen molar-refractivity contribution in [2.45, 2.75) is 44.6 Å². The summed E-state index contributed by atoms with van der Waals surface area (Å²) in [6.45, 7) is 1.99. The van der Waals surface area contributed by atoms with E-state index in [0.717, 1.165) is 37.7 Å². The number of hydrogen-bond acceptors (Lipinski definition) is 4. The summed E-state index contributed by atoms with van der Waals surface area (Å²) in [7, 11) is 0. The first kappa shape index (κ1) is 15.7. The van der Waals surface area contributed by atoms with Crippen LogP contribution >= 0.6 is 0 Å². The van der Waals surface area contributed by atoms with Gasteiger partial charge in [0.15, 0.2) is 0 Å². The lowest BCUT2D eigenvalue weighted by molar-refractivity contribution is 0.00524. The smallest absolute Gasteiger partial charge is 0.257 e. The molecule has 0 saturated heterocycles. The molecule has 5 nitrogen and oxygen atoms in total. The number of aromatic nitrogens is 1. The van der Waals surface area contributed by atoms with Gasteiger partial charge in [0.05, 0.1) is 5.60 Å². The summed E-state index contributed by atoms with van der Waals surface area (Å²) in [6, 6.07) is 9.48. The minimum absolute atomic E-state index is 0.249. The fourth-order valence-corrected chi connectivity index (χ4v) is 3.15. The summed E-state index contributed by atoms with van der Waals surface area (Å²) in [5.41, 5.74) is 1.03. The average Bonchev–Trinajstić information content (AvgIpc) is 2.96. The van der Waals surface area contributed by atoms with Crippen molar-refractivity contribution in [1.29, 1.82) is 0 Å². The first-order valence-electron chi connectivity index (χ1n) is 8.11. The Hall–Kier alpha value is -2.14. The van der Waals surface area contributed by atoms with E-state index in [9.17, 15) is 9.90 Å². The lowest BCUT2D eigenvalue weighted by atomic mass is 9.85. The van der Waals surface area contributed by atoms with Crippen molar-refractivity contribution in [2.24, 2.45) is 0 Å². The number of carbonyl (C=O) groups excluding carboxylic acids is 1. The third kappa shape index (κ3) is 3.45. The number of nitrogens with zero attached hydrogens (tertiary/aromatic N) is 1. The van der Waals surface area contributed by atoms with Gasteiger partial charge in [0.2, 0.25) is 0 Å². The number of nitrogens with one attached hydrogen (secondary N) is 1. The van der Waals surface area contributed by atoms with Crippen LogP contribution in [0.5, 0.6) is 0 Å². The van der Waals surface area contributed by atoms with Gasteiger partial charge in [0.25, 0.3) is 5.91 Å². The molecular weight excluding hydrogens is 292 g/mol. The van der Waals surface area contributed by atoms with E-state index < -0.39 is 5.60 Å². The highest BCUT2D eigenvalue weighted by Crippen LogP contribution is 2.28. The first-order chi connectivity index (χ1) is 11.1. The van der Waals surface area contributed by atoms with Crippen LogP contribution < -0.4 is 5.32 Å². The van der Waals surface area contributed by atoms with Gasteiger partial charge in [0, 0.05) is 12.1 Å². The van der Waals surface area contributed by atoms with Crippen LogP contribution in [0.3, 0.4) is 0 Å². The molecule has 1 fully saturated rings. The van der Waals surface area contributed by atoms with Crippen molar-refractivity contribution in [1.82, 2.24) is 10.5 Å². The van der Waals surface area contributed by atoms with E-state index in [1.807, 2.05) is 30.3 Å². The third-order valence-corrected chi connectivity index (χ3v) is 4.50. The summed E-state index contributed by atoms with van der Waals surface area (Å²) < 4.78 is 5.21. The van der Waals surface area contributed by atoms with Crippen LogP contribution in [0.2, 0.25) is 0 Å². The Balaban J connectivity index is 1.76. The van der Waals surface area contributed by atoms with Crippen LogP contribution in [-0.4, -0.2) is 28.3 Å². The summed E-state index contributed by atoms with van der Waals surface area (Å²) in [6.07, 6.45) is 4.64. The standard InChI is InChI=1S/C18H22N2O3/c1-13-15(16(20-23-13)14-8-4-2-5-9-14)17(21)19-12-18(22)10-6-3-7-11-18/h2,4-5,8-9,22H,3,6-7,10-12H2,1H3,(H,19,21). The molecule has 1 saturated carbocycles. The van der Waals surface area contributed by atoms with Gasteiger partial charge in [-0.1, -0.05) is 54.8 Å². The number of carbonyl (C=O) groups is 1. The molecule has 1 aromatic carbocycles. The van der Waals surface area contributed by atoms with Gasteiger partial charge < -0.3 is 14.9 Å². The molecule has 1 aromatic heterocycles. The molecule has 3 rings (SSSR count). The zero-order valence-corrected chi connectivity index (χ0v) is 13.3. The van der Waals surface area contributed by atoms with Gasteiger partial charge >= 0.3 is 0 Å². The predicted octanol–water partition coefficient (Wildman–Crippen LogP) is 3.08. The SMILES string of the molecule is Cc1onc(-c2ccccc2)c1C(=O)NCC1(O)CCCCC1. The molecule has 1 aliphatic carbocycles. The second-order valence-electron chi connectivity index (χ2n) is 6.30. The molecule has 2 aromatic rings. The molecule has 1 aliphatic rings. The molecule has 1 amide bonds. The number of rotatable bonds is 4. The van der Waals surface area contributed by atoms with Crippen LogP contribution in [-0.2, 0) is 0 Å². The molecule has 0 spiro atoms. The molecule has 122 valence electrons. The van der Waals surface area contributed by atoms with Gasteiger partial charge in [-0.2, -0.15) is 0 Å². The largest absolute Gasteiger partial charge is 0.388 e. The van der Waals surface area contributed by atoms with Crippen molar-refractivity contribution in [3.8, 4) is 11.3 Å². The summed E-state index contributed by atoms with van der Waals surface area (Å²) in [4.78, 5) is 12.6. The maximum atomic E-state index is 12.6. The van der Waals surface area contributed by atoms with Crippen molar-refractivity contribution in [3.63, 3.8) is 0 Å². The van der Waals surface area contributed by atoms with Crippen LogP contribution in [0.1, 0.15) is 48.2 Å². The fourth-order valence-electron chi connectivity index (χ4n) is 3.15. The minimum Gasteiger partial charge on any atom is -0.388 e. The van der Waals surface area contributed by atoms with Gasteiger partial charge in [-0.3, -0.25) is 4.79 Å². The normalized spacial score (nSPS) is 17.0. The molecule has 1 heterocycles. The Kier molecular flexibility index (Phi) is 4.48. The van der Waals surface area contributed by atoms with E-state index in [0.29, 0.717) is 17.0 Å². The Morgan fingerprint density at radius 3 is 2.65 bits per heavy atom. The molecule has 0 atom stereocenters. The number of amides is 1. The Bertz CT molecular complexity index is 673. The molecule has 0 bridgehead atoms. The van der Waals surface area contributed by atoms with Gasteiger partial charge in [-0.15, -0.1) is 0 Å². The molecule has 5 heteroatoms. The highest BCUT2D eigenvalue weighted by molar-refractivity contribution is 6.00. The Labute approximate surface area is 135 Å². The molecule has 0 unspecified atom stereocenters. The number of aryl methyl sites for hydroxylation is 1. The Morgan fingerprint density at radius 1 is 1.26 bits per heavy atom. The van der Waals surface area contributed by atoms with E-state index in [-0.39, 0.29) is 12.5 Å². The van der Waals surface area contributed by atoms with E-state index in [2.05, 4.69) is 10.5 Å². The molecular formula is C18H22N2O3. The summed E-state index contributed by atoms with van der Waals surface area (Å²) in [5, 5.41) is 17.4. The summed E-state index contributed by atoms with van der Waals surface area (Å²) >= 11 is 0. The number of aliphatic hydroxyl groups is 1. The second kappa shape index (κ2) is 6.54. The van der Waals surface area contributed by atoms with Gasteiger partial charge in [-0.25, -0.2) is 0 Å².